The van der Waals surface area contributed by atoms with E-state index >= 15 is 0 Å². The van der Waals surface area contributed by atoms with Gasteiger partial charge in [-0.15, -0.1) is 10.2 Å². The van der Waals surface area contributed by atoms with E-state index in [1.54, 1.807) is 20.2 Å². The average molecular weight is 406 g/mol. The summed E-state index contributed by atoms with van der Waals surface area (Å²) in [6, 6.07) is 4.58. The first-order valence-corrected chi connectivity index (χ1v) is 8.77. The van der Waals surface area contributed by atoms with Gasteiger partial charge in [-0.3, -0.25) is 9.48 Å². The fraction of sp³-hybridized carbons (Fsp3) is 0.333. The van der Waals surface area contributed by atoms with Crippen LogP contribution in [0.5, 0.6) is 0 Å². The maximum atomic E-state index is 12.7. The number of rotatable bonds is 4. The Bertz CT molecular complexity index is 1060. The van der Waals surface area contributed by atoms with Crippen LogP contribution >= 0.6 is 0 Å². The first-order valence-electron chi connectivity index (χ1n) is 8.77. The van der Waals surface area contributed by atoms with Crippen LogP contribution in [0.1, 0.15) is 24.8 Å². The van der Waals surface area contributed by atoms with E-state index in [2.05, 4.69) is 25.9 Å². The van der Waals surface area contributed by atoms with Crippen molar-refractivity contribution in [2.24, 2.45) is 7.05 Å². The fourth-order valence-electron chi connectivity index (χ4n) is 3.11. The number of nitrogens with one attached hydrogen (secondary N) is 2. The monoisotopic (exact) mass is 406 g/mol. The molecule has 11 heteroatoms. The molecule has 0 spiro atoms. The summed E-state index contributed by atoms with van der Waals surface area (Å²) in [4.78, 5) is 12.1. The standard InChI is InChI=1S/C18H17F3N6O2/c1-17(7-8-22-15(17)28)16-25-24-14(29-16)12-9-27(2)26-13(12)23-11-5-3-10(4-6-11)18(19,20)21/h3-6,9H,7-8H2,1-2H3,(H,22,28)(H,23,26). The van der Waals surface area contributed by atoms with Gasteiger partial charge in [-0.1, -0.05) is 0 Å². The van der Waals surface area contributed by atoms with E-state index in [0.717, 1.165) is 12.1 Å². The van der Waals surface area contributed by atoms with Gasteiger partial charge in [-0.2, -0.15) is 18.3 Å². The molecule has 3 aromatic rings. The number of hydrogen-bond acceptors (Lipinski definition) is 6. The lowest BCUT2D eigenvalue weighted by Gasteiger charge is -2.14. The number of halogens is 3. The highest BCUT2D eigenvalue weighted by atomic mass is 19.4. The molecule has 29 heavy (non-hydrogen) atoms. The molecule has 0 radical (unpaired) electrons. The molecule has 1 aliphatic rings. The molecule has 8 nitrogen and oxygen atoms in total. The number of anilines is 2. The van der Waals surface area contributed by atoms with Crippen LogP contribution in [-0.4, -0.2) is 32.4 Å². The molecule has 0 aliphatic carbocycles. The Balaban J connectivity index is 1.62. The van der Waals surface area contributed by atoms with Crippen molar-refractivity contribution in [2.75, 3.05) is 11.9 Å². The Morgan fingerprint density at radius 2 is 1.97 bits per heavy atom. The smallest absolute Gasteiger partial charge is 0.416 e. The van der Waals surface area contributed by atoms with Crippen LogP contribution < -0.4 is 10.6 Å². The number of carbonyl (C=O) groups excluding carboxylic acids is 1. The lowest BCUT2D eigenvalue weighted by molar-refractivity contribution is -0.137. The molecular weight excluding hydrogens is 389 g/mol. The van der Waals surface area contributed by atoms with E-state index in [0.29, 0.717) is 30.0 Å². The average Bonchev–Trinajstić information content (AvgIpc) is 3.35. The molecule has 4 rings (SSSR count). The highest BCUT2D eigenvalue weighted by molar-refractivity contribution is 5.88. The van der Waals surface area contributed by atoms with E-state index in [-0.39, 0.29) is 17.7 Å². The zero-order valence-corrected chi connectivity index (χ0v) is 15.5. The second kappa shape index (κ2) is 6.61. The summed E-state index contributed by atoms with van der Waals surface area (Å²) in [5, 5.41) is 18.0. The second-order valence-corrected chi connectivity index (χ2v) is 7.02. The van der Waals surface area contributed by atoms with Gasteiger partial charge < -0.3 is 15.1 Å². The van der Waals surface area contributed by atoms with Crippen molar-refractivity contribution >= 4 is 17.4 Å². The number of aryl methyl sites for hydroxylation is 1. The topological polar surface area (TPSA) is 97.9 Å². The van der Waals surface area contributed by atoms with Gasteiger partial charge in [0.2, 0.25) is 11.8 Å². The number of carbonyl (C=O) groups is 1. The molecule has 1 amide bonds. The molecule has 0 bridgehead atoms. The molecule has 2 aromatic heterocycles. The Hall–Kier alpha value is -3.37. The SMILES string of the molecule is Cn1cc(-c2nnc(C3(C)CCNC3=O)o2)c(Nc2ccc(C(F)(F)F)cc2)n1. The summed E-state index contributed by atoms with van der Waals surface area (Å²) in [7, 11) is 1.68. The van der Waals surface area contributed by atoms with Crippen LogP contribution in [-0.2, 0) is 23.4 Å². The predicted molar refractivity (Wildman–Crippen MR) is 96.2 cm³/mol. The van der Waals surface area contributed by atoms with Gasteiger partial charge in [-0.05, 0) is 37.6 Å². The Labute approximate surface area is 163 Å². The summed E-state index contributed by atoms with van der Waals surface area (Å²) in [6.45, 7) is 2.26. The van der Waals surface area contributed by atoms with E-state index in [4.69, 9.17) is 4.42 Å². The minimum atomic E-state index is -4.41. The van der Waals surface area contributed by atoms with Gasteiger partial charge in [-0.25, -0.2) is 0 Å². The number of benzene rings is 1. The summed E-state index contributed by atoms with van der Waals surface area (Å²) >= 11 is 0. The molecular formula is C18H17F3N6O2. The molecule has 1 aromatic carbocycles. The minimum absolute atomic E-state index is 0.156. The molecule has 0 saturated carbocycles. The lowest BCUT2D eigenvalue weighted by atomic mass is 9.89. The number of aromatic nitrogens is 4. The van der Waals surface area contributed by atoms with Gasteiger partial charge in [0.25, 0.3) is 5.89 Å². The molecule has 1 aliphatic heterocycles. The molecule has 2 N–H and O–H groups in total. The van der Waals surface area contributed by atoms with Gasteiger partial charge in [0.1, 0.15) is 11.0 Å². The van der Waals surface area contributed by atoms with Crippen molar-refractivity contribution in [1.29, 1.82) is 0 Å². The van der Waals surface area contributed by atoms with Crippen LogP contribution in [0.15, 0.2) is 34.9 Å². The zero-order chi connectivity index (χ0) is 20.8. The van der Waals surface area contributed by atoms with Crippen LogP contribution in [0.2, 0.25) is 0 Å². The maximum Gasteiger partial charge on any atom is 0.416 e. The predicted octanol–water partition coefficient (Wildman–Crippen LogP) is 3.01. The van der Waals surface area contributed by atoms with Gasteiger partial charge >= 0.3 is 6.18 Å². The number of hydrogen-bond donors (Lipinski definition) is 2. The van der Waals surface area contributed by atoms with Crippen LogP contribution in [0.3, 0.4) is 0 Å². The quantitative estimate of drug-likeness (QED) is 0.691. The molecule has 152 valence electrons. The normalized spacial score (nSPS) is 19.4. The summed E-state index contributed by atoms with van der Waals surface area (Å²) in [5.74, 6) is 0.515. The Kier molecular flexibility index (Phi) is 4.32. The maximum absolute atomic E-state index is 12.7. The number of amides is 1. The number of nitrogens with zero attached hydrogens (tertiary/aromatic N) is 4. The third kappa shape index (κ3) is 3.43. The van der Waals surface area contributed by atoms with Crippen molar-refractivity contribution in [1.82, 2.24) is 25.3 Å². The first-order chi connectivity index (χ1) is 13.7. The van der Waals surface area contributed by atoms with E-state index in [1.807, 2.05) is 0 Å². The van der Waals surface area contributed by atoms with Crippen molar-refractivity contribution < 1.29 is 22.4 Å². The molecule has 1 atom stereocenters. The molecule has 1 unspecified atom stereocenters. The third-order valence-electron chi connectivity index (χ3n) is 4.84. The summed E-state index contributed by atoms with van der Waals surface area (Å²) in [6.07, 6.45) is -2.23. The minimum Gasteiger partial charge on any atom is -0.419 e. The lowest BCUT2D eigenvalue weighted by Crippen LogP contribution is -2.32. The first kappa shape index (κ1) is 19.0. The van der Waals surface area contributed by atoms with Crippen molar-refractivity contribution in [3.63, 3.8) is 0 Å². The van der Waals surface area contributed by atoms with Crippen LogP contribution in [0, 0.1) is 0 Å². The molecule has 3 heterocycles. The second-order valence-electron chi connectivity index (χ2n) is 7.02. The van der Waals surface area contributed by atoms with Gasteiger partial charge in [0.15, 0.2) is 5.82 Å². The van der Waals surface area contributed by atoms with E-state index < -0.39 is 17.2 Å². The zero-order valence-electron chi connectivity index (χ0n) is 15.5. The highest BCUT2D eigenvalue weighted by Crippen LogP contribution is 2.35. The van der Waals surface area contributed by atoms with Crippen molar-refractivity contribution in [2.45, 2.75) is 24.9 Å². The van der Waals surface area contributed by atoms with E-state index in [1.165, 1.54) is 16.8 Å². The Morgan fingerprint density at radius 3 is 2.59 bits per heavy atom. The third-order valence-corrected chi connectivity index (χ3v) is 4.84. The molecule has 1 fully saturated rings. The summed E-state index contributed by atoms with van der Waals surface area (Å²) < 4.78 is 45.5. The van der Waals surface area contributed by atoms with Crippen molar-refractivity contribution in [3.8, 4) is 11.5 Å². The van der Waals surface area contributed by atoms with E-state index in [9.17, 15) is 18.0 Å². The van der Waals surface area contributed by atoms with Gasteiger partial charge in [0.05, 0.1) is 5.56 Å². The largest absolute Gasteiger partial charge is 0.419 e. The number of alkyl halides is 3. The highest BCUT2D eigenvalue weighted by Gasteiger charge is 2.44. The van der Waals surface area contributed by atoms with Crippen LogP contribution in [0.25, 0.3) is 11.5 Å². The molecule has 1 saturated heterocycles. The van der Waals surface area contributed by atoms with Crippen molar-refractivity contribution in [3.05, 3.63) is 41.9 Å². The summed E-state index contributed by atoms with van der Waals surface area (Å²) in [5.41, 5.74) is -0.754. The Morgan fingerprint density at radius 1 is 1.24 bits per heavy atom. The fourth-order valence-corrected chi connectivity index (χ4v) is 3.11. The van der Waals surface area contributed by atoms with Gasteiger partial charge in [0, 0.05) is 25.5 Å². The van der Waals surface area contributed by atoms with Crippen LogP contribution in [0.4, 0.5) is 24.7 Å².